The first-order valence-electron chi connectivity index (χ1n) is 11.2. The van der Waals surface area contributed by atoms with E-state index in [1.807, 2.05) is 50.2 Å². The molecule has 1 aliphatic rings. The molecule has 0 spiro atoms. The summed E-state index contributed by atoms with van der Waals surface area (Å²) in [6.45, 7) is 4.97. The molecule has 4 N–H and O–H groups in total. The van der Waals surface area contributed by atoms with Crippen molar-refractivity contribution < 1.29 is 20.1 Å². The van der Waals surface area contributed by atoms with Gasteiger partial charge in [0.1, 0.15) is 17.7 Å². The summed E-state index contributed by atoms with van der Waals surface area (Å²) in [5.74, 6) is -0.639. The Balaban J connectivity index is 0.00000176. The molecule has 1 fully saturated rings. The molecule has 7 nitrogen and oxygen atoms in total. The second-order valence-corrected chi connectivity index (χ2v) is 7.47. The summed E-state index contributed by atoms with van der Waals surface area (Å²) >= 11 is 0. The van der Waals surface area contributed by atoms with Gasteiger partial charge in [0.15, 0.2) is 0 Å². The first-order chi connectivity index (χ1) is 15.5. The molecule has 0 saturated carbocycles. The lowest BCUT2D eigenvalue weighted by Gasteiger charge is -2.31. The summed E-state index contributed by atoms with van der Waals surface area (Å²) in [5.41, 5.74) is 1.72. The van der Waals surface area contributed by atoms with Crippen molar-refractivity contribution >= 4 is 28.4 Å². The summed E-state index contributed by atoms with van der Waals surface area (Å²) in [6, 6.07) is 13.9. The Morgan fingerprint density at radius 3 is 2.47 bits per heavy atom. The van der Waals surface area contributed by atoms with Crippen molar-refractivity contribution in [2.45, 2.75) is 45.3 Å². The molecule has 2 aromatic rings. The Bertz CT molecular complexity index is 961. The molecular weight excluding hydrogens is 406 g/mol. The zero-order chi connectivity index (χ0) is 23.5. The van der Waals surface area contributed by atoms with Gasteiger partial charge in [-0.05, 0) is 36.3 Å². The molecule has 172 valence electrons. The molecule has 0 aromatic heterocycles. The summed E-state index contributed by atoms with van der Waals surface area (Å²) in [5, 5.41) is 42.2. The van der Waals surface area contributed by atoms with Crippen molar-refractivity contribution in [2.75, 3.05) is 31.1 Å². The van der Waals surface area contributed by atoms with Crippen LogP contribution in [0.4, 0.5) is 5.69 Å². The Hall–Kier alpha value is -2.92. The topological polar surface area (TPSA) is 117 Å². The van der Waals surface area contributed by atoms with E-state index < -0.39 is 24.7 Å². The number of carbonyl (C=O) groups is 1. The summed E-state index contributed by atoms with van der Waals surface area (Å²) < 4.78 is 0. The van der Waals surface area contributed by atoms with E-state index in [4.69, 9.17) is 5.11 Å². The number of hydrogen-bond donors (Lipinski definition) is 4. The van der Waals surface area contributed by atoms with Crippen molar-refractivity contribution in [1.82, 2.24) is 5.32 Å². The van der Waals surface area contributed by atoms with Crippen LogP contribution >= 0.6 is 0 Å². The average molecular weight is 440 g/mol. The summed E-state index contributed by atoms with van der Waals surface area (Å²) in [7, 11) is 0. The number of nitrogens with one attached hydrogen (secondary N) is 1. The quantitative estimate of drug-likeness (QED) is 0.389. The Morgan fingerprint density at radius 2 is 1.81 bits per heavy atom. The molecule has 1 aliphatic heterocycles. The number of nitrogens with zero attached hydrogens (tertiary/aromatic N) is 2. The highest BCUT2D eigenvalue weighted by atomic mass is 16.4. The second-order valence-electron chi connectivity index (χ2n) is 7.47. The molecule has 0 aliphatic carbocycles. The number of amides is 1. The SMILES string of the molecule is CC.N#C/C(=C\c1ccc2ccccc2c1N1CCCCC1)C(=O)NCC(O)C(O)CO. The second kappa shape index (κ2) is 12.8. The van der Waals surface area contributed by atoms with E-state index in [2.05, 4.69) is 16.3 Å². The van der Waals surface area contributed by atoms with Crippen LogP contribution in [0.15, 0.2) is 42.0 Å². The van der Waals surface area contributed by atoms with Crippen LogP contribution in [0.25, 0.3) is 16.8 Å². The largest absolute Gasteiger partial charge is 0.394 e. The molecule has 2 atom stereocenters. The van der Waals surface area contributed by atoms with E-state index in [1.165, 1.54) is 6.42 Å². The predicted octanol–water partition coefficient (Wildman–Crippen LogP) is 2.59. The monoisotopic (exact) mass is 439 g/mol. The molecule has 0 radical (unpaired) electrons. The van der Waals surface area contributed by atoms with E-state index in [1.54, 1.807) is 6.08 Å². The number of aliphatic hydroxyl groups is 3. The van der Waals surface area contributed by atoms with Crippen molar-refractivity contribution in [3.05, 3.63) is 47.5 Å². The standard InChI is InChI=1S/C23H27N3O4.C2H6/c24-13-18(23(30)25-14-20(28)21(29)15-27)12-17-9-8-16-6-2-3-7-19(16)22(17)26-10-4-1-5-11-26;1-2/h2-3,6-9,12,20-21,27-29H,1,4-5,10-11,14-15H2,(H,25,30);1-2H3/b18-12+;. The number of aliphatic hydroxyl groups excluding tert-OH is 3. The van der Waals surface area contributed by atoms with Gasteiger partial charge in [-0.25, -0.2) is 0 Å². The van der Waals surface area contributed by atoms with Crippen molar-refractivity contribution in [3.63, 3.8) is 0 Å². The van der Waals surface area contributed by atoms with Gasteiger partial charge in [0.25, 0.3) is 5.91 Å². The fourth-order valence-electron chi connectivity index (χ4n) is 3.71. The van der Waals surface area contributed by atoms with Crippen LogP contribution in [0, 0.1) is 11.3 Å². The van der Waals surface area contributed by atoms with Crippen LogP contribution < -0.4 is 10.2 Å². The minimum absolute atomic E-state index is 0.0887. The number of piperidine rings is 1. The minimum atomic E-state index is -1.36. The normalized spacial score (nSPS) is 15.9. The molecule has 1 saturated heterocycles. The Labute approximate surface area is 189 Å². The van der Waals surface area contributed by atoms with Gasteiger partial charge in [-0.1, -0.05) is 50.2 Å². The minimum Gasteiger partial charge on any atom is -0.394 e. The maximum absolute atomic E-state index is 12.5. The summed E-state index contributed by atoms with van der Waals surface area (Å²) in [4.78, 5) is 14.8. The van der Waals surface area contributed by atoms with E-state index in [9.17, 15) is 20.3 Å². The van der Waals surface area contributed by atoms with Crippen LogP contribution in [-0.4, -0.2) is 59.7 Å². The molecule has 32 heavy (non-hydrogen) atoms. The molecule has 1 amide bonds. The van der Waals surface area contributed by atoms with Crippen LogP contribution in [0.1, 0.15) is 38.7 Å². The molecular formula is C25H33N3O4. The van der Waals surface area contributed by atoms with Crippen LogP contribution in [0.3, 0.4) is 0 Å². The van der Waals surface area contributed by atoms with Crippen molar-refractivity contribution in [3.8, 4) is 6.07 Å². The highest BCUT2D eigenvalue weighted by molar-refractivity contribution is 6.05. The number of benzene rings is 2. The highest BCUT2D eigenvalue weighted by Crippen LogP contribution is 2.34. The Kier molecular flexibility index (Phi) is 10.2. The maximum atomic E-state index is 12.5. The van der Waals surface area contributed by atoms with Gasteiger partial charge in [0.05, 0.1) is 18.4 Å². The third-order valence-corrected chi connectivity index (χ3v) is 5.37. The lowest BCUT2D eigenvalue weighted by molar-refractivity contribution is -0.118. The number of fused-ring (bicyclic) bond motifs is 1. The molecule has 2 aromatic carbocycles. The van der Waals surface area contributed by atoms with Gasteiger partial charge >= 0.3 is 0 Å². The zero-order valence-electron chi connectivity index (χ0n) is 18.8. The van der Waals surface area contributed by atoms with Gasteiger partial charge in [-0.15, -0.1) is 0 Å². The molecule has 7 heteroatoms. The first-order valence-corrected chi connectivity index (χ1v) is 11.2. The number of hydrogen-bond acceptors (Lipinski definition) is 6. The maximum Gasteiger partial charge on any atom is 0.262 e. The predicted molar refractivity (Wildman–Crippen MR) is 127 cm³/mol. The van der Waals surface area contributed by atoms with Crippen molar-refractivity contribution in [2.24, 2.45) is 0 Å². The fraction of sp³-hybridized carbons (Fsp3) is 0.440. The lowest BCUT2D eigenvalue weighted by atomic mass is 9.99. The van der Waals surface area contributed by atoms with E-state index in [0.717, 1.165) is 48.0 Å². The van der Waals surface area contributed by atoms with Crippen LogP contribution in [0.5, 0.6) is 0 Å². The lowest BCUT2D eigenvalue weighted by Crippen LogP contribution is -2.40. The van der Waals surface area contributed by atoms with Crippen LogP contribution in [-0.2, 0) is 4.79 Å². The average Bonchev–Trinajstić information content (AvgIpc) is 2.86. The number of rotatable bonds is 7. The third kappa shape index (κ3) is 6.30. The smallest absolute Gasteiger partial charge is 0.262 e. The van der Waals surface area contributed by atoms with Crippen LogP contribution in [0.2, 0.25) is 0 Å². The Morgan fingerprint density at radius 1 is 1.12 bits per heavy atom. The first kappa shape index (κ1) is 25.3. The van der Waals surface area contributed by atoms with E-state index in [0.29, 0.717) is 0 Å². The zero-order valence-corrected chi connectivity index (χ0v) is 18.8. The molecule has 1 heterocycles. The van der Waals surface area contributed by atoms with Crippen molar-refractivity contribution in [1.29, 1.82) is 5.26 Å². The number of carbonyl (C=O) groups excluding carboxylic acids is 1. The van der Waals surface area contributed by atoms with Gasteiger partial charge in [0.2, 0.25) is 0 Å². The third-order valence-electron chi connectivity index (χ3n) is 5.37. The van der Waals surface area contributed by atoms with E-state index >= 15 is 0 Å². The van der Waals surface area contributed by atoms with E-state index in [-0.39, 0.29) is 12.1 Å². The van der Waals surface area contributed by atoms with Gasteiger partial charge in [0, 0.05) is 25.0 Å². The molecule has 3 rings (SSSR count). The summed E-state index contributed by atoms with van der Waals surface area (Å²) in [6.07, 6.45) is 2.29. The van der Waals surface area contributed by atoms with Gasteiger partial charge in [-0.3, -0.25) is 4.79 Å². The number of anilines is 1. The number of nitriles is 1. The fourth-order valence-corrected chi connectivity index (χ4v) is 3.71. The highest BCUT2D eigenvalue weighted by Gasteiger charge is 2.20. The molecule has 0 bridgehead atoms. The van der Waals surface area contributed by atoms with Gasteiger partial charge < -0.3 is 25.5 Å². The van der Waals surface area contributed by atoms with Gasteiger partial charge in [-0.2, -0.15) is 5.26 Å². The molecule has 2 unspecified atom stereocenters.